The highest BCUT2D eigenvalue weighted by molar-refractivity contribution is 7.98. The highest BCUT2D eigenvalue weighted by atomic mass is 32.2. The van der Waals surface area contributed by atoms with Crippen LogP contribution in [0.4, 0.5) is 0 Å². The van der Waals surface area contributed by atoms with Gasteiger partial charge in [-0.2, -0.15) is 11.8 Å². The van der Waals surface area contributed by atoms with Crippen LogP contribution < -0.4 is 5.32 Å². The maximum Gasteiger partial charge on any atom is 0.134 e. The molecule has 0 saturated carbocycles. The Morgan fingerprint density at radius 1 is 1.37 bits per heavy atom. The highest BCUT2D eigenvalue weighted by Gasteiger charge is 2.15. The van der Waals surface area contributed by atoms with Crippen LogP contribution in [-0.2, 0) is 0 Å². The molecule has 1 aromatic carbocycles. The van der Waals surface area contributed by atoms with Gasteiger partial charge in [-0.3, -0.25) is 0 Å². The van der Waals surface area contributed by atoms with E-state index in [1.165, 1.54) is 0 Å². The lowest BCUT2D eigenvalue weighted by Crippen LogP contribution is -2.34. The molecule has 104 valence electrons. The molecule has 0 aliphatic carbocycles. The number of hydrogen-bond donors (Lipinski definition) is 2. The molecule has 4 heteroatoms. The number of aliphatic hydroxyl groups excluding tert-OH is 1. The third-order valence-corrected chi connectivity index (χ3v) is 3.94. The largest absolute Gasteiger partial charge is 0.459 e. The molecule has 2 atom stereocenters. The van der Waals surface area contributed by atoms with Crippen LogP contribution in [-0.4, -0.2) is 29.8 Å². The number of thioether (sulfide) groups is 1. The minimum Gasteiger partial charge on any atom is -0.459 e. The maximum absolute atomic E-state index is 9.09. The van der Waals surface area contributed by atoms with Gasteiger partial charge < -0.3 is 14.8 Å². The Balaban J connectivity index is 2.07. The molecule has 2 aromatic rings. The zero-order valence-electron chi connectivity index (χ0n) is 11.4. The summed E-state index contributed by atoms with van der Waals surface area (Å²) in [5.74, 6) is 1.94. The normalized spacial score (nSPS) is 14.7. The number of fused-ring (bicyclic) bond motifs is 1. The van der Waals surface area contributed by atoms with E-state index in [0.717, 1.165) is 28.9 Å². The number of nitrogens with one attached hydrogen (secondary N) is 1. The summed E-state index contributed by atoms with van der Waals surface area (Å²) in [6.45, 7) is 2.31. The van der Waals surface area contributed by atoms with Crippen molar-refractivity contribution in [2.24, 2.45) is 0 Å². The average Bonchev–Trinajstić information content (AvgIpc) is 2.83. The Morgan fingerprint density at radius 2 is 2.16 bits per heavy atom. The molecule has 0 unspecified atom stereocenters. The number of hydrogen-bond acceptors (Lipinski definition) is 4. The van der Waals surface area contributed by atoms with Gasteiger partial charge in [0.2, 0.25) is 0 Å². The van der Waals surface area contributed by atoms with E-state index in [1.54, 1.807) is 11.8 Å². The van der Waals surface area contributed by atoms with Crippen LogP contribution in [0.5, 0.6) is 0 Å². The van der Waals surface area contributed by atoms with Crippen molar-refractivity contribution in [2.45, 2.75) is 25.4 Å². The standard InChI is InChI=1S/C15H21NO2S/c1-11(16-13(7-8-17)10-19-2)15-9-12-5-3-4-6-14(12)18-15/h3-6,9,11,13,16-17H,7-8,10H2,1-2H3/t11-,13-/m0/s1. The van der Waals surface area contributed by atoms with E-state index >= 15 is 0 Å². The fourth-order valence-corrected chi connectivity index (χ4v) is 2.89. The molecular weight excluding hydrogens is 258 g/mol. The molecule has 1 aromatic heterocycles. The van der Waals surface area contributed by atoms with Gasteiger partial charge in [-0.25, -0.2) is 0 Å². The first-order chi connectivity index (χ1) is 9.24. The summed E-state index contributed by atoms with van der Waals surface area (Å²) in [6.07, 6.45) is 2.85. The van der Waals surface area contributed by atoms with Crippen LogP contribution in [0.15, 0.2) is 34.7 Å². The molecule has 3 nitrogen and oxygen atoms in total. The smallest absolute Gasteiger partial charge is 0.134 e. The number of aliphatic hydroxyl groups is 1. The van der Waals surface area contributed by atoms with Crippen LogP contribution in [0.25, 0.3) is 11.0 Å². The Morgan fingerprint density at radius 3 is 2.84 bits per heavy atom. The van der Waals surface area contributed by atoms with Crippen LogP contribution >= 0.6 is 11.8 Å². The first-order valence-corrected chi connectivity index (χ1v) is 7.98. The second kappa shape index (κ2) is 6.98. The summed E-state index contributed by atoms with van der Waals surface area (Å²) in [6, 6.07) is 10.6. The van der Waals surface area contributed by atoms with E-state index in [4.69, 9.17) is 9.52 Å². The zero-order valence-corrected chi connectivity index (χ0v) is 12.2. The fraction of sp³-hybridized carbons (Fsp3) is 0.467. The summed E-state index contributed by atoms with van der Waals surface area (Å²) >= 11 is 1.79. The van der Waals surface area contributed by atoms with Crippen molar-refractivity contribution >= 4 is 22.7 Å². The van der Waals surface area contributed by atoms with E-state index in [0.29, 0.717) is 6.04 Å². The van der Waals surface area contributed by atoms with Gasteiger partial charge in [-0.05, 0) is 31.7 Å². The molecule has 0 radical (unpaired) electrons. The molecule has 2 rings (SSSR count). The van der Waals surface area contributed by atoms with Crippen LogP contribution in [0.3, 0.4) is 0 Å². The van der Waals surface area contributed by atoms with Gasteiger partial charge >= 0.3 is 0 Å². The van der Waals surface area contributed by atoms with Gasteiger partial charge in [0.1, 0.15) is 11.3 Å². The van der Waals surface area contributed by atoms with Crippen LogP contribution in [0, 0.1) is 0 Å². The van der Waals surface area contributed by atoms with Crippen LogP contribution in [0.1, 0.15) is 25.1 Å². The molecule has 0 amide bonds. The molecule has 0 aliphatic rings. The quantitative estimate of drug-likeness (QED) is 0.817. The molecule has 2 N–H and O–H groups in total. The topological polar surface area (TPSA) is 45.4 Å². The highest BCUT2D eigenvalue weighted by Crippen LogP contribution is 2.24. The summed E-state index contributed by atoms with van der Waals surface area (Å²) in [5, 5.41) is 13.7. The van der Waals surface area contributed by atoms with Crippen LogP contribution in [0.2, 0.25) is 0 Å². The van der Waals surface area contributed by atoms with E-state index in [-0.39, 0.29) is 12.6 Å². The van der Waals surface area contributed by atoms with Crippen molar-refractivity contribution in [1.82, 2.24) is 5.32 Å². The average molecular weight is 279 g/mol. The summed E-state index contributed by atoms with van der Waals surface area (Å²) in [5.41, 5.74) is 0.926. The number of rotatable bonds is 7. The van der Waals surface area contributed by atoms with Gasteiger partial charge in [0, 0.05) is 23.8 Å². The Kier molecular flexibility index (Phi) is 5.31. The van der Waals surface area contributed by atoms with Gasteiger partial charge in [-0.1, -0.05) is 18.2 Å². The second-order valence-corrected chi connectivity index (χ2v) is 5.65. The second-order valence-electron chi connectivity index (χ2n) is 4.74. The predicted molar refractivity (Wildman–Crippen MR) is 81.6 cm³/mol. The Bertz CT molecular complexity index is 473. The number of benzene rings is 1. The maximum atomic E-state index is 9.09. The van der Waals surface area contributed by atoms with Crippen molar-refractivity contribution < 1.29 is 9.52 Å². The Labute approximate surface area is 118 Å². The third kappa shape index (κ3) is 3.75. The van der Waals surface area contributed by atoms with E-state index in [1.807, 2.05) is 18.2 Å². The molecular formula is C15H21NO2S. The predicted octanol–water partition coefficient (Wildman–Crippen LogP) is 3.20. The lowest BCUT2D eigenvalue weighted by molar-refractivity contribution is 0.263. The molecule has 0 spiro atoms. The first kappa shape index (κ1) is 14.4. The fourth-order valence-electron chi connectivity index (χ4n) is 2.22. The minimum atomic E-state index is 0.149. The monoisotopic (exact) mass is 279 g/mol. The summed E-state index contributed by atoms with van der Waals surface area (Å²) in [7, 11) is 0. The van der Waals surface area contributed by atoms with Gasteiger partial charge in [0.25, 0.3) is 0 Å². The number of furan rings is 1. The lowest BCUT2D eigenvalue weighted by atomic mass is 10.1. The van der Waals surface area contributed by atoms with Crippen molar-refractivity contribution in [1.29, 1.82) is 0 Å². The summed E-state index contributed by atoms with van der Waals surface area (Å²) in [4.78, 5) is 0. The van der Waals surface area contributed by atoms with Crippen molar-refractivity contribution in [3.63, 3.8) is 0 Å². The van der Waals surface area contributed by atoms with E-state index in [2.05, 4.69) is 30.6 Å². The van der Waals surface area contributed by atoms with Crippen molar-refractivity contribution in [2.75, 3.05) is 18.6 Å². The molecule has 1 heterocycles. The lowest BCUT2D eigenvalue weighted by Gasteiger charge is -2.20. The molecule has 0 fully saturated rings. The minimum absolute atomic E-state index is 0.149. The van der Waals surface area contributed by atoms with Crippen molar-refractivity contribution in [3.8, 4) is 0 Å². The Hall–Kier alpha value is -0.970. The van der Waals surface area contributed by atoms with E-state index < -0.39 is 0 Å². The number of para-hydroxylation sites is 1. The van der Waals surface area contributed by atoms with Gasteiger partial charge in [-0.15, -0.1) is 0 Å². The molecule has 19 heavy (non-hydrogen) atoms. The van der Waals surface area contributed by atoms with Gasteiger partial charge in [0.05, 0.1) is 6.04 Å². The first-order valence-electron chi connectivity index (χ1n) is 6.59. The molecule has 0 bridgehead atoms. The SMILES string of the molecule is CSC[C@H](CCO)N[C@@H](C)c1cc2ccccc2o1. The molecule has 0 aliphatic heterocycles. The van der Waals surface area contributed by atoms with E-state index in [9.17, 15) is 0 Å². The third-order valence-electron chi connectivity index (χ3n) is 3.20. The zero-order chi connectivity index (χ0) is 13.7. The molecule has 0 saturated heterocycles. The van der Waals surface area contributed by atoms with Crippen molar-refractivity contribution in [3.05, 3.63) is 36.1 Å². The summed E-state index contributed by atoms with van der Waals surface area (Å²) < 4.78 is 5.86. The van der Waals surface area contributed by atoms with Gasteiger partial charge in [0.15, 0.2) is 0 Å².